The van der Waals surface area contributed by atoms with Crippen molar-refractivity contribution >= 4 is 11.6 Å². The average molecular weight is 228 g/mol. The number of nitrogens with two attached hydrogens (primary N) is 1. The third-order valence-corrected chi connectivity index (χ3v) is 2.45. The van der Waals surface area contributed by atoms with Gasteiger partial charge in [-0.1, -0.05) is 24.9 Å². The van der Waals surface area contributed by atoms with Gasteiger partial charge in [-0.15, -0.1) is 0 Å². The zero-order chi connectivity index (χ0) is 11.3. The van der Waals surface area contributed by atoms with Gasteiger partial charge in [0.15, 0.2) is 0 Å². The Morgan fingerprint density at radius 2 is 2.20 bits per heavy atom. The highest BCUT2D eigenvalue weighted by molar-refractivity contribution is 6.30. The lowest BCUT2D eigenvalue weighted by Gasteiger charge is -2.14. The van der Waals surface area contributed by atoms with Crippen molar-refractivity contribution in [1.29, 1.82) is 0 Å². The lowest BCUT2D eigenvalue weighted by Crippen LogP contribution is -2.08. The highest BCUT2D eigenvalue weighted by Crippen LogP contribution is 2.27. The molecule has 1 aromatic rings. The topological polar surface area (TPSA) is 35.2 Å². The van der Waals surface area contributed by atoms with Crippen LogP contribution >= 0.6 is 11.6 Å². The molecule has 0 aliphatic rings. The number of ether oxygens (including phenoxy) is 1. The van der Waals surface area contributed by atoms with Gasteiger partial charge < -0.3 is 10.5 Å². The lowest BCUT2D eigenvalue weighted by molar-refractivity contribution is 0.305. The molecular weight excluding hydrogens is 210 g/mol. The van der Waals surface area contributed by atoms with E-state index in [2.05, 4.69) is 6.92 Å². The summed E-state index contributed by atoms with van der Waals surface area (Å²) in [6.07, 6.45) is 2.18. The van der Waals surface area contributed by atoms with Crippen molar-refractivity contribution in [1.82, 2.24) is 0 Å². The van der Waals surface area contributed by atoms with Crippen molar-refractivity contribution in [3.05, 3.63) is 28.8 Å². The highest BCUT2D eigenvalue weighted by Gasteiger charge is 2.08. The van der Waals surface area contributed by atoms with Gasteiger partial charge in [-0.3, -0.25) is 0 Å². The summed E-state index contributed by atoms with van der Waals surface area (Å²) in [6.45, 7) is 4.80. The first-order chi connectivity index (χ1) is 7.15. The summed E-state index contributed by atoms with van der Waals surface area (Å²) >= 11 is 5.91. The first-order valence-electron chi connectivity index (χ1n) is 5.33. The monoisotopic (exact) mass is 227 g/mol. The van der Waals surface area contributed by atoms with Crippen LogP contribution in [-0.4, -0.2) is 6.61 Å². The van der Waals surface area contributed by atoms with E-state index in [1.165, 1.54) is 0 Å². The quantitative estimate of drug-likeness (QED) is 0.781. The molecule has 0 spiro atoms. The van der Waals surface area contributed by atoms with Crippen LogP contribution in [0.5, 0.6) is 5.75 Å². The normalized spacial score (nSPS) is 12.5. The number of hydrogen-bond acceptors (Lipinski definition) is 2. The summed E-state index contributed by atoms with van der Waals surface area (Å²) < 4.78 is 5.66. The Morgan fingerprint density at radius 3 is 2.80 bits per heavy atom. The predicted molar refractivity (Wildman–Crippen MR) is 64.5 cm³/mol. The summed E-state index contributed by atoms with van der Waals surface area (Å²) in [4.78, 5) is 0. The lowest BCUT2D eigenvalue weighted by atomic mass is 10.1. The van der Waals surface area contributed by atoms with E-state index < -0.39 is 0 Å². The summed E-state index contributed by atoms with van der Waals surface area (Å²) in [5.41, 5.74) is 6.82. The summed E-state index contributed by atoms with van der Waals surface area (Å²) in [7, 11) is 0. The summed E-state index contributed by atoms with van der Waals surface area (Å²) in [6, 6.07) is 5.53. The fourth-order valence-corrected chi connectivity index (χ4v) is 1.51. The molecule has 0 aliphatic heterocycles. The molecule has 0 saturated carbocycles. The van der Waals surface area contributed by atoms with E-state index in [1.54, 1.807) is 0 Å². The van der Waals surface area contributed by atoms with Crippen molar-refractivity contribution in [2.24, 2.45) is 5.73 Å². The Labute approximate surface area is 96.4 Å². The zero-order valence-electron chi connectivity index (χ0n) is 9.29. The molecule has 0 unspecified atom stereocenters. The van der Waals surface area contributed by atoms with Gasteiger partial charge in [0.25, 0.3) is 0 Å². The standard InChI is InChI=1S/C12H18ClNO/c1-3-4-7-15-12-6-5-10(13)8-11(12)9(2)14/h5-6,8-9H,3-4,7,14H2,1-2H3/t9-/m0/s1. The summed E-state index contributed by atoms with van der Waals surface area (Å²) in [5, 5.41) is 0.699. The second-order valence-electron chi connectivity index (χ2n) is 3.67. The van der Waals surface area contributed by atoms with Crippen LogP contribution < -0.4 is 10.5 Å². The Balaban J connectivity index is 2.77. The molecule has 15 heavy (non-hydrogen) atoms. The molecule has 0 saturated heterocycles. The first kappa shape index (κ1) is 12.3. The largest absolute Gasteiger partial charge is 0.493 e. The third-order valence-electron chi connectivity index (χ3n) is 2.22. The second-order valence-corrected chi connectivity index (χ2v) is 4.11. The minimum atomic E-state index is -0.0553. The minimum absolute atomic E-state index is 0.0553. The van der Waals surface area contributed by atoms with Crippen molar-refractivity contribution in [3.63, 3.8) is 0 Å². The molecule has 0 aliphatic carbocycles. The van der Waals surface area contributed by atoms with Gasteiger partial charge in [-0.05, 0) is 31.5 Å². The maximum Gasteiger partial charge on any atom is 0.124 e. The Kier molecular flexibility index (Phi) is 4.92. The molecule has 0 aromatic heterocycles. The molecule has 1 atom stereocenters. The number of benzene rings is 1. The molecule has 2 nitrogen and oxygen atoms in total. The Bertz CT molecular complexity index is 312. The SMILES string of the molecule is CCCCOc1ccc(Cl)cc1[C@H](C)N. The summed E-state index contributed by atoms with van der Waals surface area (Å²) in [5.74, 6) is 0.850. The van der Waals surface area contributed by atoms with Gasteiger partial charge >= 0.3 is 0 Å². The molecule has 1 aromatic carbocycles. The number of hydrogen-bond donors (Lipinski definition) is 1. The number of unbranched alkanes of at least 4 members (excludes halogenated alkanes) is 1. The maximum absolute atomic E-state index is 5.91. The van der Waals surface area contributed by atoms with Crippen molar-refractivity contribution in [3.8, 4) is 5.75 Å². The van der Waals surface area contributed by atoms with Gasteiger partial charge in [-0.2, -0.15) is 0 Å². The maximum atomic E-state index is 5.91. The Hall–Kier alpha value is -0.730. The fourth-order valence-electron chi connectivity index (χ4n) is 1.33. The van der Waals surface area contributed by atoms with E-state index in [9.17, 15) is 0 Å². The van der Waals surface area contributed by atoms with E-state index in [0.29, 0.717) is 5.02 Å². The average Bonchev–Trinajstić information content (AvgIpc) is 2.20. The molecular formula is C12H18ClNO. The molecule has 3 heteroatoms. The molecule has 0 radical (unpaired) electrons. The van der Waals surface area contributed by atoms with Crippen LogP contribution in [0.25, 0.3) is 0 Å². The highest BCUT2D eigenvalue weighted by atomic mass is 35.5. The fraction of sp³-hybridized carbons (Fsp3) is 0.500. The van der Waals surface area contributed by atoms with Crippen molar-refractivity contribution < 1.29 is 4.74 Å². The zero-order valence-corrected chi connectivity index (χ0v) is 10.1. The van der Waals surface area contributed by atoms with Crippen LogP contribution in [0.3, 0.4) is 0 Å². The van der Waals surface area contributed by atoms with E-state index in [0.717, 1.165) is 30.8 Å². The van der Waals surface area contributed by atoms with Gasteiger partial charge in [0.2, 0.25) is 0 Å². The van der Waals surface area contributed by atoms with E-state index in [-0.39, 0.29) is 6.04 Å². The van der Waals surface area contributed by atoms with Gasteiger partial charge in [0.1, 0.15) is 5.75 Å². The van der Waals surface area contributed by atoms with E-state index >= 15 is 0 Å². The van der Waals surface area contributed by atoms with Gasteiger partial charge in [-0.25, -0.2) is 0 Å². The first-order valence-corrected chi connectivity index (χ1v) is 5.70. The number of rotatable bonds is 5. The van der Waals surface area contributed by atoms with Crippen LogP contribution in [0.2, 0.25) is 5.02 Å². The van der Waals surface area contributed by atoms with E-state index in [1.807, 2.05) is 25.1 Å². The molecule has 0 bridgehead atoms. The van der Waals surface area contributed by atoms with Crippen molar-refractivity contribution in [2.45, 2.75) is 32.7 Å². The van der Waals surface area contributed by atoms with Gasteiger partial charge in [0, 0.05) is 16.6 Å². The van der Waals surface area contributed by atoms with Crippen LogP contribution in [0, 0.1) is 0 Å². The smallest absolute Gasteiger partial charge is 0.124 e. The van der Waals surface area contributed by atoms with Crippen LogP contribution in [-0.2, 0) is 0 Å². The predicted octanol–water partition coefficient (Wildman–Crippen LogP) is 3.54. The van der Waals surface area contributed by atoms with E-state index in [4.69, 9.17) is 22.1 Å². The van der Waals surface area contributed by atoms with Gasteiger partial charge in [0.05, 0.1) is 6.61 Å². The van der Waals surface area contributed by atoms with Crippen LogP contribution in [0.15, 0.2) is 18.2 Å². The van der Waals surface area contributed by atoms with Crippen LogP contribution in [0.4, 0.5) is 0 Å². The minimum Gasteiger partial charge on any atom is -0.493 e. The number of halogens is 1. The Morgan fingerprint density at radius 1 is 1.47 bits per heavy atom. The molecule has 0 amide bonds. The molecule has 0 fully saturated rings. The molecule has 84 valence electrons. The molecule has 0 heterocycles. The second kappa shape index (κ2) is 5.99. The molecule has 1 rings (SSSR count). The third kappa shape index (κ3) is 3.73. The molecule has 2 N–H and O–H groups in total. The van der Waals surface area contributed by atoms with Crippen molar-refractivity contribution in [2.75, 3.05) is 6.61 Å². The van der Waals surface area contributed by atoms with Crippen LogP contribution in [0.1, 0.15) is 38.3 Å².